The number of hydrogen-bond donors (Lipinski definition) is 1. The molecular weight excluding hydrogens is 172 g/mol. The molecule has 2 rings (SSSR count). The van der Waals surface area contributed by atoms with Crippen molar-refractivity contribution in [3.63, 3.8) is 0 Å². The van der Waals surface area contributed by atoms with E-state index >= 15 is 0 Å². The largest absolute Gasteiger partial charge is 0.394 e. The van der Waals surface area contributed by atoms with Gasteiger partial charge in [-0.3, -0.25) is 0 Å². The van der Waals surface area contributed by atoms with Crippen molar-refractivity contribution in [2.75, 3.05) is 6.61 Å². The fraction of sp³-hybridized carbons (Fsp3) is 1.00. The predicted octanol–water partition coefficient (Wildman–Crippen LogP) is 0.491. The van der Waals surface area contributed by atoms with Crippen LogP contribution >= 0.6 is 0 Å². The molecule has 0 aromatic carbocycles. The highest BCUT2D eigenvalue weighted by atomic mass is 16.8. The van der Waals surface area contributed by atoms with Crippen LogP contribution in [0.1, 0.15) is 20.8 Å². The summed E-state index contributed by atoms with van der Waals surface area (Å²) >= 11 is 0. The molecule has 2 aliphatic heterocycles. The van der Waals surface area contributed by atoms with Gasteiger partial charge < -0.3 is 19.3 Å². The molecule has 0 bridgehead atoms. The molecule has 13 heavy (non-hydrogen) atoms. The van der Waals surface area contributed by atoms with Gasteiger partial charge >= 0.3 is 0 Å². The van der Waals surface area contributed by atoms with E-state index in [1.165, 1.54) is 0 Å². The van der Waals surface area contributed by atoms with Crippen LogP contribution in [0.5, 0.6) is 0 Å². The van der Waals surface area contributed by atoms with Crippen molar-refractivity contribution < 1.29 is 19.3 Å². The first-order valence-corrected chi connectivity index (χ1v) is 4.65. The van der Waals surface area contributed by atoms with Gasteiger partial charge in [0.1, 0.15) is 6.10 Å². The number of hydrogen-bond acceptors (Lipinski definition) is 4. The zero-order chi connectivity index (χ0) is 9.64. The summed E-state index contributed by atoms with van der Waals surface area (Å²) < 4.78 is 16.7. The lowest BCUT2D eigenvalue weighted by molar-refractivity contribution is -0.212. The maximum Gasteiger partial charge on any atom is 0.187 e. The number of ether oxygens (including phenoxy) is 3. The highest BCUT2D eigenvalue weighted by molar-refractivity contribution is 4.90. The Morgan fingerprint density at radius 3 is 2.54 bits per heavy atom. The first-order chi connectivity index (χ1) is 6.03. The van der Waals surface area contributed by atoms with Crippen molar-refractivity contribution in [2.45, 2.75) is 45.1 Å². The molecule has 0 amide bonds. The molecule has 2 heterocycles. The van der Waals surface area contributed by atoms with Gasteiger partial charge in [-0.1, -0.05) is 6.92 Å². The Balaban J connectivity index is 2.07. The smallest absolute Gasteiger partial charge is 0.187 e. The fourth-order valence-corrected chi connectivity index (χ4v) is 1.94. The summed E-state index contributed by atoms with van der Waals surface area (Å²) in [4.78, 5) is 0. The minimum atomic E-state index is -0.552. The monoisotopic (exact) mass is 188 g/mol. The zero-order valence-electron chi connectivity index (χ0n) is 8.19. The molecule has 0 aliphatic carbocycles. The standard InChI is InChI=1S/C9H16O4/c1-5-6(4-10)11-8-7(5)12-9(2,3)13-8/h5-8,10H,4H2,1-3H3. The summed E-state index contributed by atoms with van der Waals surface area (Å²) in [5.74, 6) is -0.360. The Morgan fingerprint density at radius 2 is 2.00 bits per heavy atom. The summed E-state index contributed by atoms with van der Waals surface area (Å²) in [5, 5.41) is 8.99. The van der Waals surface area contributed by atoms with Crippen molar-refractivity contribution in [3.8, 4) is 0 Å². The van der Waals surface area contributed by atoms with E-state index in [9.17, 15) is 0 Å². The molecule has 0 aromatic rings. The average Bonchev–Trinajstić information content (AvgIpc) is 2.47. The SMILES string of the molecule is CC1C(CO)OC2OC(C)(C)OC21. The van der Waals surface area contributed by atoms with Crippen LogP contribution in [0.25, 0.3) is 0 Å². The van der Waals surface area contributed by atoms with Gasteiger partial charge in [-0.15, -0.1) is 0 Å². The molecule has 76 valence electrons. The van der Waals surface area contributed by atoms with Gasteiger partial charge in [0.25, 0.3) is 0 Å². The molecule has 4 heteroatoms. The van der Waals surface area contributed by atoms with Crippen molar-refractivity contribution in [1.29, 1.82) is 0 Å². The lowest BCUT2D eigenvalue weighted by atomic mass is 10.0. The Labute approximate surface area is 77.8 Å². The van der Waals surface area contributed by atoms with E-state index in [4.69, 9.17) is 19.3 Å². The Morgan fingerprint density at radius 1 is 1.31 bits per heavy atom. The van der Waals surface area contributed by atoms with E-state index < -0.39 is 5.79 Å². The second-order valence-electron chi connectivity index (χ2n) is 4.18. The normalized spacial score (nSPS) is 48.0. The van der Waals surface area contributed by atoms with Gasteiger partial charge in [-0.25, -0.2) is 0 Å². The van der Waals surface area contributed by atoms with Crippen LogP contribution in [0.15, 0.2) is 0 Å². The van der Waals surface area contributed by atoms with Gasteiger partial charge in [0.05, 0.1) is 12.7 Å². The molecule has 2 fully saturated rings. The van der Waals surface area contributed by atoms with E-state index in [-0.39, 0.29) is 31.0 Å². The van der Waals surface area contributed by atoms with E-state index in [2.05, 4.69) is 0 Å². The number of aliphatic hydroxyl groups excluding tert-OH is 1. The van der Waals surface area contributed by atoms with Gasteiger partial charge in [0, 0.05) is 5.92 Å². The summed E-state index contributed by atoms with van der Waals surface area (Å²) in [6.07, 6.45) is -0.486. The molecule has 0 spiro atoms. The Kier molecular flexibility index (Phi) is 2.11. The molecule has 4 atom stereocenters. The van der Waals surface area contributed by atoms with Gasteiger partial charge in [-0.2, -0.15) is 0 Å². The van der Waals surface area contributed by atoms with Crippen LogP contribution in [-0.4, -0.2) is 36.0 Å². The lowest BCUT2D eigenvalue weighted by Crippen LogP contribution is -2.30. The van der Waals surface area contributed by atoms with Crippen molar-refractivity contribution in [1.82, 2.24) is 0 Å². The number of fused-ring (bicyclic) bond motifs is 1. The second kappa shape index (κ2) is 2.92. The van der Waals surface area contributed by atoms with Gasteiger partial charge in [0.2, 0.25) is 0 Å². The minimum Gasteiger partial charge on any atom is -0.394 e. The fourth-order valence-electron chi connectivity index (χ4n) is 1.94. The lowest BCUT2D eigenvalue weighted by Gasteiger charge is -2.22. The minimum absolute atomic E-state index is 0.0291. The summed E-state index contributed by atoms with van der Waals surface area (Å²) in [5.41, 5.74) is 0. The summed E-state index contributed by atoms with van der Waals surface area (Å²) in [6, 6.07) is 0. The molecular formula is C9H16O4. The van der Waals surface area contributed by atoms with Crippen LogP contribution < -0.4 is 0 Å². The first-order valence-electron chi connectivity index (χ1n) is 4.65. The second-order valence-corrected chi connectivity index (χ2v) is 4.18. The Hall–Kier alpha value is -0.160. The van der Waals surface area contributed by atoms with Gasteiger partial charge in [-0.05, 0) is 13.8 Å². The highest BCUT2D eigenvalue weighted by Crippen LogP contribution is 2.40. The third-order valence-corrected chi connectivity index (χ3v) is 2.68. The summed E-state index contributed by atoms with van der Waals surface area (Å²) in [6.45, 7) is 5.78. The van der Waals surface area contributed by atoms with Gasteiger partial charge in [0.15, 0.2) is 12.1 Å². The molecule has 0 radical (unpaired) electrons. The maximum atomic E-state index is 8.99. The topological polar surface area (TPSA) is 47.9 Å². The third kappa shape index (κ3) is 1.48. The van der Waals surface area contributed by atoms with Crippen LogP contribution in [0.4, 0.5) is 0 Å². The molecule has 2 saturated heterocycles. The van der Waals surface area contributed by atoms with E-state index in [0.29, 0.717) is 0 Å². The molecule has 0 saturated carbocycles. The molecule has 2 aliphatic rings. The number of rotatable bonds is 1. The predicted molar refractivity (Wildman–Crippen MR) is 44.9 cm³/mol. The molecule has 0 aromatic heterocycles. The van der Waals surface area contributed by atoms with Crippen LogP contribution in [0.2, 0.25) is 0 Å². The summed E-state index contributed by atoms with van der Waals surface area (Å²) in [7, 11) is 0. The Bertz CT molecular complexity index is 204. The van der Waals surface area contributed by atoms with Crippen LogP contribution in [0.3, 0.4) is 0 Å². The first kappa shape index (κ1) is 9.40. The molecule has 4 unspecified atom stereocenters. The number of aliphatic hydroxyl groups is 1. The van der Waals surface area contributed by atoms with Crippen LogP contribution in [0, 0.1) is 5.92 Å². The zero-order valence-corrected chi connectivity index (χ0v) is 8.19. The molecule has 4 nitrogen and oxygen atoms in total. The van der Waals surface area contributed by atoms with E-state index in [0.717, 1.165) is 0 Å². The van der Waals surface area contributed by atoms with E-state index in [1.807, 2.05) is 20.8 Å². The molecule has 1 N–H and O–H groups in total. The van der Waals surface area contributed by atoms with Crippen molar-refractivity contribution in [3.05, 3.63) is 0 Å². The highest BCUT2D eigenvalue weighted by Gasteiger charge is 2.52. The van der Waals surface area contributed by atoms with Crippen LogP contribution in [-0.2, 0) is 14.2 Å². The van der Waals surface area contributed by atoms with E-state index in [1.54, 1.807) is 0 Å². The average molecular weight is 188 g/mol. The van der Waals surface area contributed by atoms with Crippen molar-refractivity contribution in [2.24, 2.45) is 5.92 Å². The third-order valence-electron chi connectivity index (χ3n) is 2.68. The quantitative estimate of drug-likeness (QED) is 0.650. The maximum absolute atomic E-state index is 8.99. The van der Waals surface area contributed by atoms with Crippen molar-refractivity contribution >= 4 is 0 Å².